The Bertz CT molecular complexity index is 585. The first-order valence-electron chi connectivity index (χ1n) is 7.93. The zero-order chi connectivity index (χ0) is 14.7. The van der Waals surface area contributed by atoms with Crippen LogP contribution in [0.3, 0.4) is 0 Å². The molecule has 2 N–H and O–H groups in total. The van der Waals surface area contributed by atoms with Gasteiger partial charge in [-0.05, 0) is 41.6 Å². The van der Waals surface area contributed by atoms with Gasteiger partial charge >= 0.3 is 0 Å². The third kappa shape index (κ3) is 3.34. The van der Waals surface area contributed by atoms with E-state index in [1.54, 1.807) is 0 Å². The Morgan fingerprint density at radius 3 is 2.38 bits per heavy atom. The molecule has 110 valence electrons. The highest BCUT2D eigenvalue weighted by molar-refractivity contribution is 5.67. The van der Waals surface area contributed by atoms with Crippen molar-refractivity contribution in [3.05, 3.63) is 59.7 Å². The van der Waals surface area contributed by atoms with E-state index in [0.717, 1.165) is 19.1 Å². The van der Waals surface area contributed by atoms with Crippen LogP contribution in [-0.2, 0) is 13.1 Å². The molecule has 0 aromatic heterocycles. The molecule has 0 bridgehead atoms. The molecule has 2 aromatic carbocycles. The Kier molecular flexibility index (Phi) is 4.37. The van der Waals surface area contributed by atoms with Crippen molar-refractivity contribution in [3.63, 3.8) is 0 Å². The zero-order valence-electron chi connectivity index (χ0n) is 12.8. The fraction of sp³-hybridized carbons (Fsp3) is 0.368. The average molecular weight is 280 g/mol. The second kappa shape index (κ2) is 6.42. The highest BCUT2D eigenvalue weighted by Gasteiger charge is 2.27. The van der Waals surface area contributed by atoms with Crippen molar-refractivity contribution in [1.82, 2.24) is 4.90 Å². The molecule has 2 nitrogen and oxygen atoms in total. The molecule has 1 aliphatic rings. The Balaban J connectivity index is 1.77. The minimum atomic E-state index is 0.587. The van der Waals surface area contributed by atoms with Gasteiger partial charge in [-0.2, -0.15) is 0 Å². The quantitative estimate of drug-likeness (QED) is 0.872. The SMILES string of the molecule is CCN(Cc1ccc(-c2ccccc2CN)cc1)C1CC1. The molecule has 0 radical (unpaired) electrons. The van der Waals surface area contributed by atoms with Crippen LogP contribution in [0.15, 0.2) is 48.5 Å². The Labute approximate surface area is 127 Å². The summed E-state index contributed by atoms with van der Waals surface area (Å²) in [4.78, 5) is 2.57. The van der Waals surface area contributed by atoms with Crippen LogP contribution in [0.1, 0.15) is 30.9 Å². The molecular formula is C19H24N2. The smallest absolute Gasteiger partial charge is 0.0236 e. The van der Waals surface area contributed by atoms with Crippen molar-refractivity contribution in [1.29, 1.82) is 0 Å². The Hall–Kier alpha value is -1.64. The van der Waals surface area contributed by atoms with Gasteiger partial charge in [0.15, 0.2) is 0 Å². The van der Waals surface area contributed by atoms with Crippen molar-refractivity contribution in [2.75, 3.05) is 6.54 Å². The van der Waals surface area contributed by atoms with E-state index in [4.69, 9.17) is 5.73 Å². The summed E-state index contributed by atoms with van der Waals surface area (Å²) >= 11 is 0. The average Bonchev–Trinajstić information content (AvgIpc) is 3.38. The van der Waals surface area contributed by atoms with Crippen LogP contribution in [0.5, 0.6) is 0 Å². The lowest BCUT2D eigenvalue weighted by Gasteiger charge is -2.20. The van der Waals surface area contributed by atoms with Gasteiger partial charge in [0.2, 0.25) is 0 Å². The standard InChI is InChI=1S/C19H24N2/c1-2-21(18-11-12-18)14-15-7-9-16(10-8-15)19-6-4-3-5-17(19)13-20/h3-10,18H,2,11-14,20H2,1H3. The van der Waals surface area contributed by atoms with E-state index in [2.05, 4.69) is 60.4 Å². The van der Waals surface area contributed by atoms with Gasteiger partial charge in [0.05, 0.1) is 0 Å². The third-order valence-electron chi connectivity index (χ3n) is 4.36. The topological polar surface area (TPSA) is 29.3 Å². The maximum atomic E-state index is 5.84. The lowest BCUT2D eigenvalue weighted by atomic mass is 9.98. The lowest BCUT2D eigenvalue weighted by molar-refractivity contribution is 0.269. The summed E-state index contributed by atoms with van der Waals surface area (Å²) in [5.74, 6) is 0. The zero-order valence-corrected chi connectivity index (χ0v) is 12.8. The molecule has 2 heteroatoms. The number of nitrogens with two attached hydrogens (primary N) is 1. The molecule has 1 aliphatic carbocycles. The first-order chi connectivity index (χ1) is 10.3. The van der Waals surface area contributed by atoms with Crippen LogP contribution < -0.4 is 5.73 Å². The largest absolute Gasteiger partial charge is 0.326 e. The van der Waals surface area contributed by atoms with Gasteiger partial charge in [0, 0.05) is 19.1 Å². The fourth-order valence-corrected chi connectivity index (χ4v) is 2.94. The van der Waals surface area contributed by atoms with Crippen molar-refractivity contribution in [3.8, 4) is 11.1 Å². The number of benzene rings is 2. The number of rotatable bonds is 6. The number of nitrogens with zero attached hydrogens (tertiary/aromatic N) is 1. The molecule has 0 amide bonds. The van der Waals surface area contributed by atoms with Gasteiger partial charge < -0.3 is 5.73 Å². The van der Waals surface area contributed by atoms with E-state index in [1.807, 2.05) is 0 Å². The molecule has 1 fully saturated rings. The van der Waals surface area contributed by atoms with Gasteiger partial charge in [0.25, 0.3) is 0 Å². The summed E-state index contributed by atoms with van der Waals surface area (Å²) in [5.41, 5.74) is 11.0. The van der Waals surface area contributed by atoms with Gasteiger partial charge in [-0.1, -0.05) is 55.5 Å². The van der Waals surface area contributed by atoms with Crippen LogP contribution in [-0.4, -0.2) is 17.5 Å². The summed E-state index contributed by atoms with van der Waals surface area (Å²) in [6.45, 7) is 5.05. The molecule has 0 spiro atoms. The molecular weight excluding hydrogens is 256 g/mol. The summed E-state index contributed by atoms with van der Waals surface area (Å²) in [6, 6.07) is 18.2. The molecule has 0 aliphatic heterocycles. The van der Waals surface area contributed by atoms with Crippen molar-refractivity contribution < 1.29 is 0 Å². The Morgan fingerprint density at radius 2 is 1.76 bits per heavy atom. The van der Waals surface area contributed by atoms with Crippen LogP contribution in [0, 0.1) is 0 Å². The number of hydrogen-bond donors (Lipinski definition) is 1. The van der Waals surface area contributed by atoms with Crippen LogP contribution in [0.4, 0.5) is 0 Å². The summed E-state index contributed by atoms with van der Waals surface area (Å²) in [7, 11) is 0. The molecule has 0 unspecified atom stereocenters. The predicted octanol–water partition coefficient (Wildman–Crippen LogP) is 3.80. The Morgan fingerprint density at radius 1 is 1.05 bits per heavy atom. The van der Waals surface area contributed by atoms with Crippen molar-refractivity contribution in [2.45, 2.75) is 38.9 Å². The minimum absolute atomic E-state index is 0.587. The van der Waals surface area contributed by atoms with Gasteiger partial charge in [-0.3, -0.25) is 4.90 Å². The summed E-state index contributed by atoms with van der Waals surface area (Å²) in [5, 5.41) is 0. The predicted molar refractivity (Wildman–Crippen MR) is 88.9 cm³/mol. The second-order valence-corrected chi connectivity index (χ2v) is 5.85. The van der Waals surface area contributed by atoms with Gasteiger partial charge in [0.1, 0.15) is 0 Å². The maximum Gasteiger partial charge on any atom is 0.0236 e. The van der Waals surface area contributed by atoms with Gasteiger partial charge in [-0.25, -0.2) is 0 Å². The first-order valence-corrected chi connectivity index (χ1v) is 7.93. The van der Waals surface area contributed by atoms with E-state index >= 15 is 0 Å². The van der Waals surface area contributed by atoms with E-state index in [-0.39, 0.29) is 0 Å². The number of hydrogen-bond acceptors (Lipinski definition) is 2. The normalized spacial score (nSPS) is 14.6. The summed E-state index contributed by atoms with van der Waals surface area (Å²) < 4.78 is 0. The lowest BCUT2D eigenvalue weighted by Crippen LogP contribution is -2.24. The van der Waals surface area contributed by atoms with E-state index in [9.17, 15) is 0 Å². The van der Waals surface area contributed by atoms with Crippen molar-refractivity contribution in [2.24, 2.45) is 5.73 Å². The minimum Gasteiger partial charge on any atom is -0.326 e. The molecule has 1 saturated carbocycles. The van der Waals surface area contributed by atoms with Crippen molar-refractivity contribution >= 4 is 0 Å². The van der Waals surface area contributed by atoms with E-state index < -0.39 is 0 Å². The van der Waals surface area contributed by atoms with Crippen LogP contribution >= 0.6 is 0 Å². The molecule has 21 heavy (non-hydrogen) atoms. The van der Waals surface area contributed by atoms with E-state index in [1.165, 1.54) is 35.1 Å². The molecule has 0 saturated heterocycles. The third-order valence-corrected chi connectivity index (χ3v) is 4.36. The monoisotopic (exact) mass is 280 g/mol. The molecule has 0 heterocycles. The maximum absolute atomic E-state index is 5.84. The molecule has 3 rings (SSSR count). The first kappa shape index (κ1) is 14.3. The van der Waals surface area contributed by atoms with Gasteiger partial charge in [-0.15, -0.1) is 0 Å². The summed E-state index contributed by atoms with van der Waals surface area (Å²) in [6.07, 6.45) is 2.74. The molecule has 2 aromatic rings. The van der Waals surface area contributed by atoms with Crippen LogP contribution in [0.25, 0.3) is 11.1 Å². The molecule has 0 atom stereocenters. The van der Waals surface area contributed by atoms with E-state index in [0.29, 0.717) is 6.54 Å². The fourth-order valence-electron chi connectivity index (χ4n) is 2.94. The van der Waals surface area contributed by atoms with Crippen LogP contribution in [0.2, 0.25) is 0 Å². The highest BCUT2D eigenvalue weighted by Crippen LogP contribution is 2.29. The second-order valence-electron chi connectivity index (χ2n) is 5.85. The highest BCUT2D eigenvalue weighted by atomic mass is 15.2.